The van der Waals surface area contributed by atoms with Gasteiger partial charge in [-0.3, -0.25) is 0 Å². The number of hydrogen-bond acceptors (Lipinski definition) is 3. The molecule has 1 fully saturated rings. The molecule has 0 bridgehead atoms. The lowest BCUT2D eigenvalue weighted by atomic mass is 9.79. The van der Waals surface area contributed by atoms with E-state index in [-0.39, 0.29) is 11.3 Å². The van der Waals surface area contributed by atoms with E-state index < -0.39 is 9.84 Å². The zero-order valence-corrected chi connectivity index (χ0v) is 15.2. The van der Waals surface area contributed by atoms with Crippen LogP contribution < -0.4 is 5.32 Å². The largest absolute Gasteiger partial charge is 0.316 e. The summed E-state index contributed by atoms with van der Waals surface area (Å²) in [6, 6.07) is 7.04. The summed E-state index contributed by atoms with van der Waals surface area (Å²) in [7, 11) is -1.42. The Morgan fingerprint density at radius 3 is 2.33 bits per heavy atom. The van der Waals surface area contributed by atoms with Crippen LogP contribution in [0.3, 0.4) is 0 Å². The molecule has 2 rings (SSSR count). The number of halogens is 1. The van der Waals surface area contributed by atoms with Gasteiger partial charge in [-0.25, -0.2) is 8.42 Å². The summed E-state index contributed by atoms with van der Waals surface area (Å²) in [6.45, 7) is 4.38. The summed E-state index contributed by atoms with van der Waals surface area (Å²) < 4.78 is 26.9. The first-order valence-electron chi connectivity index (χ1n) is 7.53. The molecule has 1 saturated carbocycles. The Kier molecular flexibility index (Phi) is 5.49. The second kappa shape index (κ2) is 6.80. The highest BCUT2D eigenvalue weighted by atomic mass is 79.9. The normalized spacial score (nSPS) is 27.0. The van der Waals surface area contributed by atoms with E-state index in [9.17, 15) is 8.42 Å². The third kappa shape index (κ3) is 3.69. The molecule has 0 heterocycles. The number of rotatable bonds is 4. The maximum absolute atomic E-state index is 13.0. The van der Waals surface area contributed by atoms with E-state index in [0.29, 0.717) is 16.7 Å². The van der Waals surface area contributed by atoms with Gasteiger partial charge in [0.15, 0.2) is 9.84 Å². The predicted molar refractivity (Wildman–Crippen MR) is 90.1 cm³/mol. The summed E-state index contributed by atoms with van der Waals surface area (Å²) in [5.74, 6) is 1.02. The minimum absolute atomic E-state index is 0.0497. The van der Waals surface area contributed by atoms with Crippen molar-refractivity contribution >= 4 is 25.8 Å². The van der Waals surface area contributed by atoms with Gasteiger partial charge in [-0.15, -0.1) is 0 Å². The standard InChI is InChI=1S/C16H24BrNO2S/c1-11(2)12-4-9-15(18-3)16(10-12)21(19,20)14-7-5-13(17)6-8-14/h5-8,11-12,15-16,18H,4,9-10H2,1-3H3. The molecule has 0 radical (unpaired) electrons. The fraction of sp³-hybridized carbons (Fsp3) is 0.625. The van der Waals surface area contributed by atoms with Crippen molar-refractivity contribution in [3.8, 4) is 0 Å². The Hall–Kier alpha value is -0.390. The van der Waals surface area contributed by atoms with Gasteiger partial charge in [0.05, 0.1) is 10.1 Å². The lowest BCUT2D eigenvalue weighted by Gasteiger charge is -2.37. The van der Waals surface area contributed by atoms with Crippen molar-refractivity contribution in [2.45, 2.75) is 49.3 Å². The lowest BCUT2D eigenvalue weighted by molar-refractivity contribution is 0.246. The molecule has 3 unspecified atom stereocenters. The van der Waals surface area contributed by atoms with Crippen molar-refractivity contribution in [2.75, 3.05) is 7.05 Å². The van der Waals surface area contributed by atoms with Gasteiger partial charge in [-0.1, -0.05) is 29.8 Å². The predicted octanol–water partition coefficient (Wildman–Crippen LogP) is 3.64. The molecular formula is C16H24BrNO2S. The Balaban J connectivity index is 2.32. The van der Waals surface area contributed by atoms with E-state index in [4.69, 9.17) is 0 Å². The van der Waals surface area contributed by atoms with Crippen LogP contribution >= 0.6 is 15.9 Å². The van der Waals surface area contributed by atoms with Crippen molar-refractivity contribution < 1.29 is 8.42 Å². The van der Waals surface area contributed by atoms with Crippen LogP contribution in [0.4, 0.5) is 0 Å². The minimum atomic E-state index is -3.29. The van der Waals surface area contributed by atoms with Crippen molar-refractivity contribution in [3.63, 3.8) is 0 Å². The van der Waals surface area contributed by atoms with E-state index in [1.807, 2.05) is 7.05 Å². The van der Waals surface area contributed by atoms with Gasteiger partial charge >= 0.3 is 0 Å². The van der Waals surface area contributed by atoms with Crippen LogP contribution in [0.2, 0.25) is 0 Å². The molecule has 1 aromatic carbocycles. The SMILES string of the molecule is CNC1CCC(C(C)C)CC1S(=O)(=O)c1ccc(Br)cc1. The van der Waals surface area contributed by atoms with Crippen LogP contribution in [0.15, 0.2) is 33.6 Å². The maximum Gasteiger partial charge on any atom is 0.182 e. The molecule has 0 saturated heterocycles. The fourth-order valence-corrected chi connectivity index (χ4v) is 5.57. The summed E-state index contributed by atoms with van der Waals surface area (Å²) in [5.41, 5.74) is 0. The average molecular weight is 374 g/mol. The first kappa shape index (κ1) is 17.0. The smallest absolute Gasteiger partial charge is 0.182 e. The number of nitrogens with one attached hydrogen (secondary N) is 1. The molecule has 3 atom stereocenters. The van der Waals surface area contributed by atoms with Gasteiger partial charge in [0.1, 0.15) is 0 Å². The molecule has 21 heavy (non-hydrogen) atoms. The number of benzene rings is 1. The van der Waals surface area contributed by atoms with Gasteiger partial charge in [-0.2, -0.15) is 0 Å². The molecule has 1 aliphatic carbocycles. The zero-order chi connectivity index (χ0) is 15.6. The number of sulfone groups is 1. The highest BCUT2D eigenvalue weighted by Crippen LogP contribution is 2.36. The van der Waals surface area contributed by atoms with Crippen molar-refractivity contribution in [3.05, 3.63) is 28.7 Å². The molecule has 3 nitrogen and oxygen atoms in total. The van der Waals surface area contributed by atoms with Gasteiger partial charge in [0.25, 0.3) is 0 Å². The van der Waals surface area contributed by atoms with Crippen molar-refractivity contribution in [2.24, 2.45) is 11.8 Å². The molecule has 0 spiro atoms. The highest BCUT2D eigenvalue weighted by Gasteiger charge is 2.39. The summed E-state index contributed by atoms with van der Waals surface area (Å²) in [6.07, 6.45) is 2.79. The molecule has 0 aliphatic heterocycles. The van der Waals surface area contributed by atoms with Crippen LogP contribution in [-0.4, -0.2) is 26.8 Å². The van der Waals surface area contributed by atoms with Crippen LogP contribution in [0, 0.1) is 11.8 Å². The Labute approximate surface area is 136 Å². The van der Waals surface area contributed by atoms with Crippen LogP contribution in [0.5, 0.6) is 0 Å². The average Bonchev–Trinajstić information content (AvgIpc) is 2.46. The molecule has 0 aromatic heterocycles. The maximum atomic E-state index is 13.0. The summed E-state index contributed by atoms with van der Waals surface area (Å²) in [5, 5.41) is 2.88. The van der Waals surface area contributed by atoms with Crippen LogP contribution in [-0.2, 0) is 9.84 Å². The molecule has 1 N–H and O–H groups in total. The summed E-state index contributed by atoms with van der Waals surface area (Å²) in [4.78, 5) is 0.431. The van der Waals surface area contributed by atoms with Gasteiger partial charge in [0, 0.05) is 10.5 Å². The second-order valence-electron chi connectivity index (χ2n) is 6.25. The minimum Gasteiger partial charge on any atom is -0.316 e. The monoisotopic (exact) mass is 373 g/mol. The first-order valence-corrected chi connectivity index (χ1v) is 9.87. The fourth-order valence-electron chi connectivity index (χ4n) is 3.24. The molecule has 1 aliphatic rings. The Morgan fingerprint density at radius 1 is 1.19 bits per heavy atom. The molecule has 0 amide bonds. The van der Waals surface area contributed by atoms with Crippen molar-refractivity contribution in [1.82, 2.24) is 5.32 Å². The van der Waals surface area contributed by atoms with Crippen LogP contribution in [0.1, 0.15) is 33.1 Å². The van der Waals surface area contributed by atoms with E-state index in [1.54, 1.807) is 24.3 Å². The van der Waals surface area contributed by atoms with Crippen LogP contribution in [0.25, 0.3) is 0 Å². The quantitative estimate of drug-likeness (QED) is 0.875. The molecule has 118 valence electrons. The topological polar surface area (TPSA) is 46.2 Å². The van der Waals surface area contributed by atoms with E-state index in [2.05, 4.69) is 35.1 Å². The highest BCUT2D eigenvalue weighted by molar-refractivity contribution is 9.10. The zero-order valence-electron chi connectivity index (χ0n) is 12.8. The Bertz CT molecular complexity index is 568. The third-order valence-corrected chi connectivity index (χ3v) is 7.46. The third-order valence-electron chi connectivity index (χ3n) is 4.69. The molecule has 1 aromatic rings. The van der Waals surface area contributed by atoms with Crippen molar-refractivity contribution in [1.29, 1.82) is 0 Å². The van der Waals surface area contributed by atoms with Gasteiger partial charge in [-0.05, 0) is 62.4 Å². The van der Waals surface area contributed by atoms with Gasteiger partial charge < -0.3 is 5.32 Å². The lowest BCUT2D eigenvalue weighted by Crippen LogP contribution is -2.47. The van der Waals surface area contributed by atoms with E-state index in [0.717, 1.165) is 23.7 Å². The summed E-state index contributed by atoms with van der Waals surface area (Å²) >= 11 is 3.36. The number of hydrogen-bond donors (Lipinski definition) is 1. The molecular weight excluding hydrogens is 350 g/mol. The second-order valence-corrected chi connectivity index (χ2v) is 9.33. The van der Waals surface area contributed by atoms with E-state index >= 15 is 0 Å². The molecule has 5 heteroatoms. The van der Waals surface area contributed by atoms with E-state index in [1.165, 1.54) is 0 Å². The van der Waals surface area contributed by atoms with Gasteiger partial charge in [0.2, 0.25) is 0 Å². The Morgan fingerprint density at radius 2 is 1.81 bits per heavy atom. The first-order chi connectivity index (χ1) is 9.86.